The molecule has 1 aromatic carbocycles. The molecule has 2 atom stereocenters. The first-order valence-electron chi connectivity index (χ1n) is 8.70. The Hall–Kier alpha value is -2.61. The van der Waals surface area contributed by atoms with Gasteiger partial charge in [-0.1, -0.05) is 47.1 Å². The Balaban J connectivity index is 2.24. The SMILES string of the molecule is COC(=O)[C@@H]1N(C(=O)C(=O)O/N=C/c2ccccc2)C(C=C(C)C)SC1(C)C. The highest BCUT2D eigenvalue weighted by molar-refractivity contribution is 8.01. The highest BCUT2D eigenvalue weighted by Gasteiger charge is 2.54. The molecule has 1 aliphatic rings. The third-order valence-corrected chi connectivity index (χ3v) is 5.52. The van der Waals surface area contributed by atoms with E-state index in [1.54, 1.807) is 12.1 Å². The van der Waals surface area contributed by atoms with Gasteiger partial charge in [-0.3, -0.25) is 4.79 Å². The standard InChI is InChI=1S/C20H24N2O5S/c1-13(2)11-15-22(16(18(24)26-5)20(3,4)28-15)17(23)19(25)27-21-12-14-9-7-6-8-10-14/h6-12,15-16H,1-5H3/b21-12+/t15?,16-/m0/s1. The van der Waals surface area contributed by atoms with Gasteiger partial charge in [0.25, 0.3) is 0 Å². The average molecular weight is 404 g/mol. The summed E-state index contributed by atoms with van der Waals surface area (Å²) in [4.78, 5) is 43.5. The number of hydrogen-bond donors (Lipinski definition) is 0. The van der Waals surface area contributed by atoms with Crippen molar-refractivity contribution < 1.29 is 24.0 Å². The topological polar surface area (TPSA) is 85.3 Å². The van der Waals surface area contributed by atoms with E-state index < -0.39 is 34.0 Å². The zero-order chi connectivity index (χ0) is 20.9. The van der Waals surface area contributed by atoms with Crippen molar-refractivity contribution in [2.75, 3.05) is 7.11 Å². The number of ether oxygens (including phenoxy) is 1. The van der Waals surface area contributed by atoms with Crippen molar-refractivity contribution in [1.29, 1.82) is 0 Å². The first-order chi connectivity index (χ1) is 13.2. The molecule has 1 aliphatic heterocycles. The Kier molecular flexibility index (Phi) is 7.01. The van der Waals surface area contributed by atoms with Crippen molar-refractivity contribution >= 4 is 35.8 Å². The maximum Gasteiger partial charge on any atom is 0.422 e. The van der Waals surface area contributed by atoms with Gasteiger partial charge >= 0.3 is 17.8 Å². The quantitative estimate of drug-likeness (QED) is 0.192. The Labute approximate surface area is 168 Å². The van der Waals surface area contributed by atoms with Crippen LogP contribution in [-0.4, -0.2) is 52.2 Å². The summed E-state index contributed by atoms with van der Waals surface area (Å²) in [6.45, 7) is 7.42. The summed E-state index contributed by atoms with van der Waals surface area (Å²) < 4.78 is 4.23. The van der Waals surface area contributed by atoms with Gasteiger partial charge in [0.05, 0.1) is 18.7 Å². The smallest absolute Gasteiger partial charge is 0.422 e. The van der Waals surface area contributed by atoms with E-state index in [0.29, 0.717) is 0 Å². The number of thioether (sulfide) groups is 1. The molecule has 0 spiro atoms. The number of allylic oxidation sites excluding steroid dienone is 1. The van der Waals surface area contributed by atoms with E-state index in [2.05, 4.69) is 5.16 Å². The number of nitrogens with zero attached hydrogens (tertiary/aromatic N) is 2. The minimum absolute atomic E-state index is 0.498. The molecule has 1 amide bonds. The number of carbonyl (C=O) groups excluding carboxylic acids is 3. The number of amides is 1. The van der Waals surface area contributed by atoms with E-state index in [0.717, 1.165) is 11.1 Å². The third kappa shape index (κ3) is 5.01. The van der Waals surface area contributed by atoms with E-state index in [1.807, 2.05) is 52.0 Å². The van der Waals surface area contributed by atoms with Crippen LogP contribution in [0.4, 0.5) is 0 Å². The van der Waals surface area contributed by atoms with Crippen LogP contribution in [-0.2, 0) is 24.0 Å². The van der Waals surface area contributed by atoms with Crippen LogP contribution in [0.25, 0.3) is 0 Å². The van der Waals surface area contributed by atoms with Crippen LogP contribution in [0.1, 0.15) is 33.3 Å². The summed E-state index contributed by atoms with van der Waals surface area (Å²) >= 11 is 1.40. The van der Waals surface area contributed by atoms with Gasteiger partial charge in [-0.25, -0.2) is 9.59 Å². The van der Waals surface area contributed by atoms with Crippen LogP contribution >= 0.6 is 11.8 Å². The summed E-state index contributed by atoms with van der Waals surface area (Å²) in [6, 6.07) is 8.08. The van der Waals surface area contributed by atoms with Gasteiger partial charge in [0.2, 0.25) is 0 Å². The molecule has 0 aliphatic carbocycles. The summed E-state index contributed by atoms with van der Waals surface area (Å²) in [5.74, 6) is -2.69. The second kappa shape index (κ2) is 9.05. The Morgan fingerprint density at radius 1 is 1.18 bits per heavy atom. The maximum absolute atomic E-state index is 12.8. The number of carbonyl (C=O) groups is 3. The van der Waals surface area contributed by atoms with Gasteiger partial charge in [-0.15, -0.1) is 11.8 Å². The number of benzene rings is 1. The fourth-order valence-corrected chi connectivity index (χ4v) is 4.51. The van der Waals surface area contributed by atoms with Crippen LogP contribution in [0.3, 0.4) is 0 Å². The van der Waals surface area contributed by atoms with Gasteiger partial charge in [0, 0.05) is 4.75 Å². The van der Waals surface area contributed by atoms with Crippen LogP contribution < -0.4 is 0 Å². The van der Waals surface area contributed by atoms with Gasteiger partial charge in [0.15, 0.2) is 0 Å². The number of rotatable bonds is 4. The highest BCUT2D eigenvalue weighted by Crippen LogP contribution is 2.45. The zero-order valence-corrected chi connectivity index (χ0v) is 17.4. The van der Waals surface area contributed by atoms with Crippen molar-refractivity contribution in [2.45, 2.75) is 43.9 Å². The van der Waals surface area contributed by atoms with Crippen LogP contribution in [0.5, 0.6) is 0 Å². The Morgan fingerprint density at radius 2 is 1.82 bits per heavy atom. The molecule has 150 valence electrons. The number of oxime groups is 1. The predicted molar refractivity (Wildman–Crippen MR) is 108 cm³/mol. The average Bonchev–Trinajstić information content (AvgIpc) is 2.90. The second-order valence-corrected chi connectivity index (χ2v) is 8.79. The van der Waals surface area contributed by atoms with E-state index in [9.17, 15) is 14.4 Å². The first kappa shape index (κ1) is 21.7. The molecular weight excluding hydrogens is 380 g/mol. The summed E-state index contributed by atoms with van der Waals surface area (Å²) in [7, 11) is 1.25. The Morgan fingerprint density at radius 3 is 2.39 bits per heavy atom. The lowest BCUT2D eigenvalue weighted by Gasteiger charge is -2.29. The van der Waals surface area contributed by atoms with Crippen LogP contribution in [0.15, 0.2) is 47.1 Å². The largest absolute Gasteiger partial charge is 0.467 e. The van der Waals surface area contributed by atoms with E-state index in [4.69, 9.17) is 9.57 Å². The third-order valence-electron chi connectivity index (χ3n) is 4.08. The van der Waals surface area contributed by atoms with E-state index in [1.165, 1.54) is 30.0 Å². The fraction of sp³-hybridized carbons (Fsp3) is 0.400. The van der Waals surface area contributed by atoms with Crippen molar-refractivity contribution in [3.8, 4) is 0 Å². The molecule has 0 N–H and O–H groups in total. The summed E-state index contributed by atoms with van der Waals surface area (Å²) in [6.07, 6.45) is 3.16. The molecule has 2 rings (SSSR count). The van der Waals surface area contributed by atoms with Crippen LogP contribution in [0.2, 0.25) is 0 Å². The lowest BCUT2D eigenvalue weighted by molar-refractivity contribution is -0.164. The molecule has 0 aromatic heterocycles. The molecule has 28 heavy (non-hydrogen) atoms. The Bertz CT molecular complexity index is 800. The second-order valence-electron chi connectivity index (χ2n) is 7.02. The van der Waals surface area contributed by atoms with Crippen molar-refractivity contribution in [1.82, 2.24) is 4.90 Å². The molecule has 8 heteroatoms. The van der Waals surface area contributed by atoms with E-state index >= 15 is 0 Å². The number of esters is 1. The molecule has 0 radical (unpaired) electrons. The first-order valence-corrected chi connectivity index (χ1v) is 9.58. The van der Waals surface area contributed by atoms with E-state index in [-0.39, 0.29) is 0 Å². The summed E-state index contributed by atoms with van der Waals surface area (Å²) in [5, 5.41) is 3.09. The van der Waals surface area contributed by atoms with Gasteiger partial charge in [-0.2, -0.15) is 0 Å². The molecule has 1 saturated heterocycles. The molecule has 0 saturated carbocycles. The minimum Gasteiger partial charge on any atom is -0.467 e. The molecule has 1 fully saturated rings. The fourth-order valence-electron chi connectivity index (χ4n) is 2.87. The summed E-state index contributed by atoms with van der Waals surface area (Å²) in [5.41, 5.74) is 1.67. The minimum atomic E-state index is -1.16. The lowest BCUT2D eigenvalue weighted by Crippen LogP contribution is -2.53. The van der Waals surface area contributed by atoms with Gasteiger partial charge < -0.3 is 14.5 Å². The van der Waals surface area contributed by atoms with Gasteiger partial charge in [0.1, 0.15) is 6.04 Å². The molecule has 0 bridgehead atoms. The molecular formula is C20H24N2O5S. The molecule has 7 nitrogen and oxygen atoms in total. The maximum atomic E-state index is 12.8. The predicted octanol–water partition coefficient (Wildman–Crippen LogP) is 2.75. The molecule has 1 aromatic rings. The van der Waals surface area contributed by atoms with Gasteiger partial charge in [-0.05, 0) is 33.3 Å². The number of hydrogen-bond acceptors (Lipinski definition) is 7. The molecule has 1 heterocycles. The lowest BCUT2D eigenvalue weighted by atomic mass is 10.0. The highest BCUT2D eigenvalue weighted by atomic mass is 32.2. The van der Waals surface area contributed by atoms with Crippen molar-refractivity contribution in [3.05, 3.63) is 47.5 Å². The van der Waals surface area contributed by atoms with Crippen molar-refractivity contribution in [2.24, 2.45) is 5.16 Å². The van der Waals surface area contributed by atoms with Crippen molar-refractivity contribution in [3.63, 3.8) is 0 Å². The van der Waals surface area contributed by atoms with Crippen LogP contribution in [0, 0.1) is 0 Å². The monoisotopic (exact) mass is 404 g/mol. The number of methoxy groups -OCH3 is 1. The molecule has 1 unspecified atom stereocenters. The zero-order valence-electron chi connectivity index (χ0n) is 16.5. The normalized spacial score (nSPS) is 20.7.